The lowest BCUT2D eigenvalue weighted by atomic mass is 10.0. The van der Waals surface area contributed by atoms with Crippen LogP contribution in [0.25, 0.3) is 0 Å². The van der Waals surface area contributed by atoms with Crippen molar-refractivity contribution in [3.05, 3.63) is 64.4 Å². The van der Waals surface area contributed by atoms with Crippen molar-refractivity contribution in [3.63, 3.8) is 0 Å². The van der Waals surface area contributed by atoms with E-state index in [0.29, 0.717) is 29.2 Å². The Hall–Kier alpha value is -2.51. The Balaban J connectivity index is 1.57. The molecular weight excluding hydrogens is 432 g/mol. The molecule has 0 bridgehead atoms. The van der Waals surface area contributed by atoms with E-state index >= 15 is 0 Å². The van der Waals surface area contributed by atoms with Gasteiger partial charge in [-0.05, 0) is 61.2 Å². The number of anilines is 1. The molecule has 0 aliphatic heterocycles. The van der Waals surface area contributed by atoms with E-state index < -0.39 is 0 Å². The van der Waals surface area contributed by atoms with Crippen LogP contribution in [0.3, 0.4) is 0 Å². The largest absolute Gasteiger partial charge is 0.486 e. The summed E-state index contributed by atoms with van der Waals surface area (Å²) in [4.78, 5) is 12.4. The molecular formula is C23H27ClN4O2S. The first-order chi connectivity index (χ1) is 14.9. The summed E-state index contributed by atoms with van der Waals surface area (Å²) in [5, 5.41) is 12.7. The summed E-state index contributed by atoms with van der Waals surface area (Å²) in [6, 6.07) is 13.5. The van der Waals surface area contributed by atoms with Gasteiger partial charge in [0.15, 0.2) is 11.0 Å². The van der Waals surface area contributed by atoms with Gasteiger partial charge in [0.05, 0.1) is 5.75 Å². The highest BCUT2D eigenvalue weighted by Gasteiger charge is 2.14. The number of rotatable bonds is 9. The number of ether oxygens (including phenoxy) is 1. The van der Waals surface area contributed by atoms with Crippen LogP contribution in [-0.2, 0) is 17.9 Å². The molecule has 164 valence electrons. The smallest absolute Gasteiger partial charge is 0.234 e. The summed E-state index contributed by atoms with van der Waals surface area (Å²) in [6.45, 7) is 9.26. The molecule has 1 amide bonds. The standard InChI is InChI=1S/C23H27ClN4O2S/c1-5-28-21(13-30-19-9-6-17(7-10-19)15(2)3)26-27-23(28)31-14-22(29)25-20-11-8-18(24)12-16(20)4/h6-12,15H,5,13-14H2,1-4H3,(H,25,29). The fourth-order valence-corrected chi connectivity index (χ4v) is 4.08. The van der Waals surface area contributed by atoms with Crippen molar-refractivity contribution in [2.75, 3.05) is 11.1 Å². The zero-order valence-corrected chi connectivity index (χ0v) is 19.8. The van der Waals surface area contributed by atoms with Gasteiger partial charge in [0.2, 0.25) is 5.91 Å². The SMILES string of the molecule is CCn1c(COc2ccc(C(C)C)cc2)nnc1SCC(=O)Nc1ccc(Cl)cc1C. The summed E-state index contributed by atoms with van der Waals surface area (Å²) in [7, 11) is 0. The number of benzene rings is 2. The maximum Gasteiger partial charge on any atom is 0.234 e. The third-order valence-electron chi connectivity index (χ3n) is 4.82. The van der Waals surface area contributed by atoms with Crippen LogP contribution in [0.15, 0.2) is 47.6 Å². The van der Waals surface area contributed by atoms with Gasteiger partial charge in [0, 0.05) is 17.3 Å². The van der Waals surface area contributed by atoms with Crippen LogP contribution in [0.1, 0.15) is 43.6 Å². The molecule has 0 fully saturated rings. The zero-order chi connectivity index (χ0) is 22.4. The minimum atomic E-state index is -0.107. The number of carbonyl (C=O) groups excluding carboxylic acids is 1. The van der Waals surface area contributed by atoms with Gasteiger partial charge < -0.3 is 14.6 Å². The van der Waals surface area contributed by atoms with E-state index in [0.717, 1.165) is 22.8 Å². The predicted molar refractivity (Wildman–Crippen MR) is 126 cm³/mol. The van der Waals surface area contributed by atoms with Gasteiger partial charge in [-0.3, -0.25) is 4.79 Å². The molecule has 6 nitrogen and oxygen atoms in total. The Labute approximate surface area is 192 Å². The highest BCUT2D eigenvalue weighted by Crippen LogP contribution is 2.23. The highest BCUT2D eigenvalue weighted by molar-refractivity contribution is 7.99. The van der Waals surface area contributed by atoms with Crippen LogP contribution in [0.4, 0.5) is 5.69 Å². The second-order valence-electron chi connectivity index (χ2n) is 7.45. The molecule has 1 heterocycles. The molecule has 0 saturated carbocycles. The maximum atomic E-state index is 12.4. The van der Waals surface area contributed by atoms with Crippen LogP contribution >= 0.6 is 23.4 Å². The Morgan fingerprint density at radius 3 is 2.58 bits per heavy atom. The number of nitrogens with one attached hydrogen (secondary N) is 1. The molecule has 2 aromatic carbocycles. The van der Waals surface area contributed by atoms with E-state index in [2.05, 4.69) is 41.5 Å². The molecule has 3 aromatic rings. The molecule has 0 spiro atoms. The minimum Gasteiger partial charge on any atom is -0.486 e. The fourth-order valence-electron chi connectivity index (χ4n) is 3.03. The number of hydrogen-bond acceptors (Lipinski definition) is 5. The summed E-state index contributed by atoms with van der Waals surface area (Å²) < 4.78 is 7.85. The average molecular weight is 459 g/mol. The van der Waals surface area contributed by atoms with Crippen molar-refractivity contribution in [2.45, 2.75) is 51.9 Å². The second kappa shape index (κ2) is 10.7. The van der Waals surface area contributed by atoms with Gasteiger partial charge in [-0.1, -0.05) is 49.3 Å². The number of carbonyl (C=O) groups is 1. The Morgan fingerprint density at radius 1 is 1.19 bits per heavy atom. The first-order valence-electron chi connectivity index (χ1n) is 10.2. The summed E-state index contributed by atoms with van der Waals surface area (Å²) in [5.41, 5.74) is 2.95. The molecule has 8 heteroatoms. The van der Waals surface area contributed by atoms with E-state index in [1.165, 1.54) is 17.3 Å². The summed E-state index contributed by atoms with van der Waals surface area (Å²) in [5.74, 6) is 2.13. The van der Waals surface area contributed by atoms with Crippen LogP contribution in [0.2, 0.25) is 5.02 Å². The molecule has 1 aromatic heterocycles. The van der Waals surface area contributed by atoms with Crippen LogP contribution in [-0.4, -0.2) is 26.4 Å². The number of amides is 1. The Bertz CT molecular complexity index is 1030. The second-order valence-corrected chi connectivity index (χ2v) is 8.83. The monoisotopic (exact) mass is 458 g/mol. The molecule has 0 aliphatic rings. The first kappa shape index (κ1) is 23.2. The van der Waals surface area contributed by atoms with Crippen molar-refractivity contribution in [3.8, 4) is 5.75 Å². The average Bonchev–Trinajstić information content (AvgIpc) is 3.15. The molecule has 1 N–H and O–H groups in total. The van der Waals surface area contributed by atoms with Crippen molar-refractivity contribution < 1.29 is 9.53 Å². The van der Waals surface area contributed by atoms with E-state index in [1.807, 2.05) is 36.6 Å². The first-order valence-corrected chi connectivity index (χ1v) is 11.6. The van der Waals surface area contributed by atoms with E-state index in [4.69, 9.17) is 16.3 Å². The molecule has 31 heavy (non-hydrogen) atoms. The highest BCUT2D eigenvalue weighted by atomic mass is 35.5. The molecule has 0 atom stereocenters. The molecule has 0 radical (unpaired) electrons. The third-order valence-corrected chi connectivity index (χ3v) is 6.02. The quantitative estimate of drug-likeness (QED) is 0.417. The Kier molecular flexibility index (Phi) is 7.98. The van der Waals surface area contributed by atoms with E-state index in [9.17, 15) is 4.79 Å². The van der Waals surface area contributed by atoms with Gasteiger partial charge in [0.25, 0.3) is 0 Å². The maximum absolute atomic E-state index is 12.4. The lowest BCUT2D eigenvalue weighted by molar-refractivity contribution is -0.113. The number of aromatic nitrogens is 3. The molecule has 3 rings (SSSR count). The van der Waals surface area contributed by atoms with Crippen molar-refractivity contribution in [1.82, 2.24) is 14.8 Å². The Morgan fingerprint density at radius 2 is 1.94 bits per heavy atom. The predicted octanol–water partition coefficient (Wildman–Crippen LogP) is 5.69. The normalized spacial score (nSPS) is 11.0. The van der Waals surface area contributed by atoms with Crippen LogP contribution in [0, 0.1) is 6.92 Å². The van der Waals surface area contributed by atoms with Crippen molar-refractivity contribution in [1.29, 1.82) is 0 Å². The number of hydrogen-bond donors (Lipinski definition) is 1. The van der Waals surface area contributed by atoms with Crippen LogP contribution in [0.5, 0.6) is 5.75 Å². The van der Waals surface area contributed by atoms with Crippen LogP contribution < -0.4 is 10.1 Å². The summed E-state index contributed by atoms with van der Waals surface area (Å²) in [6.07, 6.45) is 0. The third kappa shape index (κ3) is 6.24. The molecule has 0 unspecified atom stereocenters. The van der Waals surface area contributed by atoms with Gasteiger partial charge in [-0.25, -0.2) is 0 Å². The van der Waals surface area contributed by atoms with Gasteiger partial charge >= 0.3 is 0 Å². The number of nitrogens with zero attached hydrogens (tertiary/aromatic N) is 3. The summed E-state index contributed by atoms with van der Waals surface area (Å²) >= 11 is 7.32. The zero-order valence-electron chi connectivity index (χ0n) is 18.2. The lowest BCUT2D eigenvalue weighted by Gasteiger charge is -2.11. The van der Waals surface area contributed by atoms with Crippen molar-refractivity contribution in [2.24, 2.45) is 0 Å². The van der Waals surface area contributed by atoms with Gasteiger partial charge in [0.1, 0.15) is 12.4 Å². The topological polar surface area (TPSA) is 69.0 Å². The number of halogens is 1. The fraction of sp³-hybridized carbons (Fsp3) is 0.348. The van der Waals surface area contributed by atoms with Crippen molar-refractivity contribution >= 4 is 35.0 Å². The number of aryl methyl sites for hydroxylation is 1. The molecule has 0 saturated heterocycles. The number of thioether (sulfide) groups is 1. The van der Waals surface area contributed by atoms with E-state index in [-0.39, 0.29) is 11.7 Å². The van der Waals surface area contributed by atoms with Gasteiger partial charge in [-0.2, -0.15) is 0 Å². The molecule has 0 aliphatic carbocycles. The van der Waals surface area contributed by atoms with E-state index in [1.54, 1.807) is 12.1 Å². The minimum absolute atomic E-state index is 0.107. The lowest BCUT2D eigenvalue weighted by Crippen LogP contribution is -2.15. The van der Waals surface area contributed by atoms with Gasteiger partial charge in [-0.15, -0.1) is 10.2 Å².